The van der Waals surface area contributed by atoms with E-state index in [0.717, 1.165) is 148 Å². The molecule has 3 radical (unpaired) electrons. The molecule has 2 aliphatic heterocycles. The van der Waals surface area contributed by atoms with Crippen LogP contribution in [0.1, 0.15) is 29.7 Å². The zero-order chi connectivity index (χ0) is 81.4. The highest BCUT2D eigenvalue weighted by molar-refractivity contribution is 9.10. The number of fused-ring (bicyclic) bond motifs is 22. The molecule has 1 spiro atoms. The molecular formula is C111H73BBrN2O7P2. The highest BCUT2D eigenvalue weighted by Crippen LogP contribution is 2.63. The van der Waals surface area contributed by atoms with Gasteiger partial charge in [0.25, 0.3) is 0 Å². The Labute approximate surface area is 724 Å². The van der Waals surface area contributed by atoms with Crippen LogP contribution in [-0.4, -0.2) is 17.5 Å². The fourth-order valence-corrected chi connectivity index (χ4v) is 26.0. The van der Waals surface area contributed by atoms with Gasteiger partial charge in [0.15, 0.2) is 14.3 Å². The monoisotopic (exact) mass is 1700 g/mol. The second-order valence-electron chi connectivity index (χ2n) is 31.1. The Balaban J connectivity index is 0.000000125. The highest BCUT2D eigenvalue weighted by atomic mass is 79.9. The van der Waals surface area contributed by atoms with E-state index in [-0.39, 0.29) is 21.3 Å². The van der Waals surface area contributed by atoms with E-state index in [4.69, 9.17) is 18.0 Å². The van der Waals surface area contributed by atoms with Crippen LogP contribution in [0.2, 0.25) is 0 Å². The minimum absolute atomic E-state index is 0. The van der Waals surface area contributed by atoms with E-state index in [2.05, 4.69) is 243 Å². The smallest absolute Gasteiger partial charge is 0.200 e. The molecule has 23 aromatic rings. The SMILES string of the molecule is C.O=P(c1ccccc1)(c1ccccc1)c1cc2oc3ccccc3c2cc1Br.O=P1(c2ccccc2)c2ccccc2C2(c3ccccc3Oc3cc(-c4cccc(-n5c6ccccc6c6ccccc65)c4)ccc32)c2cc3c(cc21)oc1ccccc13.O=c1c2ccccc2oc2cc(-c3cccc(-n4c5ccccc5c5ccccc54)c3)ccc12.[B]. The largest absolute Gasteiger partial charge is 0.457 e. The fourth-order valence-electron chi connectivity index (χ4n) is 19.1. The molecule has 7 heterocycles. The molecule has 18 aromatic carbocycles. The van der Waals surface area contributed by atoms with Crippen LogP contribution < -0.4 is 42.0 Å². The molecule has 124 heavy (non-hydrogen) atoms. The number of hydrogen-bond acceptors (Lipinski definition) is 7. The molecule has 2 aliphatic rings. The maximum atomic E-state index is 16.4. The van der Waals surface area contributed by atoms with Gasteiger partial charge < -0.3 is 36.3 Å². The molecule has 0 fully saturated rings. The van der Waals surface area contributed by atoms with E-state index in [1.165, 1.54) is 43.6 Å². The second-order valence-corrected chi connectivity index (χ2v) is 37.4. The third kappa shape index (κ3) is 12.0. The topological polar surface area (TPSA) is 110 Å². The van der Waals surface area contributed by atoms with Crippen molar-refractivity contribution in [3.63, 3.8) is 0 Å². The zero-order valence-corrected chi connectivity index (χ0v) is 69.3. The molecule has 0 N–H and O–H groups in total. The average molecular weight is 1700 g/mol. The summed E-state index contributed by atoms with van der Waals surface area (Å²) in [4.78, 5) is 12.9. The van der Waals surface area contributed by atoms with Crippen LogP contribution in [0.25, 0.3) is 143 Å². The number of halogens is 1. The van der Waals surface area contributed by atoms with Crippen molar-refractivity contribution < 1.29 is 27.1 Å². The number of para-hydroxylation sites is 8. The van der Waals surface area contributed by atoms with E-state index < -0.39 is 19.7 Å². The molecule has 9 nitrogen and oxygen atoms in total. The molecule has 5 aromatic heterocycles. The normalized spacial score (nSPS) is 14.4. The lowest BCUT2D eigenvalue weighted by molar-refractivity contribution is 0.435. The van der Waals surface area contributed by atoms with Crippen LogP contribution in [-0.2, 0) is 14.5 Å². The van der Waals surface area contributed by atoms with Gasteiger partial charge in [-0.25, -0.2) is 0 Å². The Hall–Kier alpha value is -14.6. The Morgan fingerprint density at radius 1 is 0.298 bits per heavy atom. The molecule has 2 atom stereocenters. The van der Waals surface area contributed by atoms with Crippen molar-refractivity contribution in [1.29, 1.82) is 0 Å². The van der Waals surface area contributed by atoms with Crippen molar-refractivity contribution >= 4 is 180 Å². The lowest BCUT2D eigenvalue weighted by atomic mass is 9.63. The van der Waals surface area contributed by atoms with E-state index in [9.17, 15) is 9.36 Å². The van der Waals surface area contributed by atoms with Gasteiger partial charge in [0, 0.05) is 110 Å². The van der Waals surface area contributed by atoms with Crippen LogP contribution in [0.15, 0.2) is 441 Å². The van der Waals surface area contributed by atoms with Crippen molar-refractivity contribution in [3.8, 4) is 45.1 Å². The summed E-state index contributed by atoms with van der Waals surface area (Å²) < 4.78 is 62.3. The van der Waals surface area contributed by atoms with E-state index in [1.54, 1.807) is 0 Å². The summed E-state index contributed by atoms with van der Waals surface area (Å²) in [6, 6.07) is 142. The van der Waals surface area contributed by atoms with E-state index in [1.807, 2.05) is 200 Å². The first-order valence-electron chi connectivity index (χ1n) is 40.7. The number of aromatic nitrogens is 2. The van der Waals surface area contributed by atoms with Crippen molar-refractivity contribution in [2.75, 3.05) is 0 Å². The van der Waals surface area contributed by atoms with Gasteiger partial charge in [-0.2, -0.15) is 0 Å². The van der Waals surface area contributed by atoms with E-state index >= 15 is 4.57 Å². The van der Waals surface area contributed by atoms with Gasteiger partial charge >= 0.3 is 0 Å². The molecule has 0 bridgehead atoms. The zero-order valence-electron chi connectivity index (χ0n) is 65.9. The molecule has 0 amide bonds. The molecular weight excluding hydrogens is 1630 g/mol. The van der Waals surface area contributed by atoms with Gasteiger partial charge in [0.05, 0.1) is 38.3 Å². The van der Waals surface area contributed by atoms with Crippen LogP contribution in [0.3, 0.4) is 0 Å². The number of rotatable bonds is 8. The Bertz CT molecular complexity index is 8250. The second kappa shape index (κ2) is 30.5. The van der Waals surface area contributed by atoms with Gasteiger partial charge in [-0.1, -0.05) is 305 Å². The number of hydrogen-bond donors (Lipinski definition) is 0. The predicted octanol–water partition coefficient (Wildman–Crippen LogP) is 26.7. The number of furan rings is 2. The fraction of sp³-hybridized carbons (Fsp3) is 0.0180. The lowest BCUT2D eigenvalue weighted by Crippen LogP contribution is -2.47. The number of ether oxygens (including phenoxy) is 1. The first-order chi connectivity index (χ1) is 60.1. The van der Waals surface area contributed by atoms with Crippen molar-refractivity contribution in [3.05, 3.63) is 456 Å². The van der Waals surface area contributed by atoms with Crippen LogP contribution in [0.4, 0.5) is 0 Å². The van der Waals surface area contributed by atoms with Crippen molar-refractivity contribution in [2.24, 2.45) is 0 Å². The standard InChI is InChI=1S/C55H34NO3P.C31H19NO2.C24H16BrO2P.CH4.B/c57-60(38-17-2-1-3-18-38)53-28-13-8-23-45(53)55(46-33-42-41-21-6-11-26-49(41)58-51(42)34-54(46)60)43-22-7-12-27-50(43)59-52-32-36(29-30-44(52)55)35-15-14-16-37(31-35)56-47-24-9-4-19-39(47)40-20-5-10-25-48(40)56;33-31-25-12-3-6-15-29(25)34-30-19-21(16-17-26(30)31)20-8-7-9-22(18-20)32-27-13-4-1-10-23(27)24-11-2-5-14-28(24)32;25-21-15-20-19-13-7-8-14-22(19)27-23(20)16-24(21)28(26,17-9-3-1-4-10-17)18-11-5-2-6-12-18;;/h1-34H;1-19H;1-16H;1H4;. The van der Waals surface area contributed by atoms with Crippen LogP contribution in [0.5, 0.6) is 11.5 Å². The number of benzene rings is 18. The molecule has 13 heteroatoms. The summed E-state index contributed by atoms with van der Waals surface area (Å²) in [5.74, 6) is 1.54. The van der Waals surface area contributed by atoms with Gasteiger partial charge in [-0.15, -0.1) is 0 Å². The lowest BCUT2D eigenvalue weighted by Gasteiger charge is -2.47. The van der Waals surface area contributed by atoms with Crippen molar-refractivity contribution in [2.45, 2.75) is 12.8 Å². The summed E-state index contributed by atoms with van der Waals surface area (Å²) in [6.45, 7) is 0. The quantitative estimate of drug-likeness (QED) is 0.0847. The minimum Gasteiger partial charge on any atom is -0.457 e. The maximum absolute atomic E-state index is 16.4. The molecule has 25 rings (SSSR count). The molecule has 0 aliphatic carbocycles. The first kappa shape index (κ1) is 76.8. The predicted molar refractivity (Wildman–Crippen MR) is 518 cm³/mol. The average Bonchev–Trinajstić information content (AvgIpc) is 0.776. The maximum Gasteiger partial charge on any atom is 0.200 e. The summed E-state index contributed by atoms with van der Waals surface area (Å²) in [7, 11) is -6.50. The Morgan fingerprint density at radius 3 is 1.26 bits per heavy atom. The first-order valence-corrected chi connectivity index (χ1v) is 44.9. The van der Waals surface area contributed by atoms with Gasteiger partial charge in [-0.3, -0.25) is 4.79 Å². The molecule has 2 unspecified atom stereocenters. The third-order valence-corrected chi connectivity index (χ3v) is 31.7. The third-order valence-electron chi connectivity index (χ3n) is 24.5. The van der Waals surface area contributed by atoms with Gasteiger partial charge in [-0.05, 0) is 171 Å². The summed E-state index contributed by atoms with van der Waals surface area (Å²) in [5.41, 5.74) is 18.5. The molecule has 0 saturated heterocycles. The summed E-state index contributed by atoms with van der Waals surface area (Å²) in [6.07, 6.45) is 0. The van der Waals surface area contributed by atoms with Crippen LogP contribution >= 0.6 is 30.2 Å². The van der Waals surface area contributed by atoms with Crippen molar-refractivity contribution in [1.82, 2.24) is 9.13 Å². The Kier molecular flexibility index (Phi) is 18.9. The molecule has 0 saturated carbocycles. The minimum atomic E-state index is -3.44. The highest BCUT2D eigenvalue weighted by Gasteiger charge is 2.55. The van der Waals surface area contributed by atoms with E-state index in [0.29, 0.717) is 21.9 Å². The molecule has 589 valence electrons. The number of nitrogens with zero attached hydrogens (tertiary/aromatic N) is 2. The van der Waals surface area contributed by atoms with Crippen LogP contribution in [0, 0.1) is 0 Å². The van der Waals surface area contributed by atoms with Gasteiger partial charge in [0.1, 0.15) is 45.0 Å². The summed E-state index contributed by atoms with van der Waals surface area (Å²) >= 11 is 3.70. The van der Waals surface area contributed by atoms with Gasteiger partial charge in [0.2, 0.25) is 5.43 Å². The Morgan fingerprint density at radius 2 is 0.702 bits per heavy atom. The summed E-state index contributed by atoms with van der Waals surface area (Å²) in [5, 5.41) is 15.0.